The standard InChI is InChI=1S/C20H30N4O2/c1-14-8-16(10-21-15(14)2)11-22-20(26)23(3)12-17-9-19(25)24(13-17)18-6-4-5-7-18/h8,10,17-18H,4-7,9,11-13H2,1-3H3,(H,22,26). The highest BCUT2D eigenvalue weighted by Gasteiger charge is 2.36. The zero-order valence-corrected chi connectivity index (χ0v) is 16.1. The predicted octanol–water partition coefficient (Wildman–Crippen LogP) is 2.63. The van der Waals surface area contributed by atoms with Crippen LogP contribution >= 0.6 is 0 Å². The molecule has 1 aliphatic carbocycles. The number of likely N-dealkylation sites (tertiary alicyclic amines) is 1. The minimum atomic E-state index is -0.102. The molecule has 142 valence electrons. The van der Waals surface area contributed by atoms with Crippen molar-refractivity contribution in [2.45, 2.75) is 58.5 Å². The van der Waals surface area contributed by atoms with Crippen LogP contribution < -0.4 is 5.32 Å². The Balaban J connectivity index is 1.46. The summed E-state index contributed by atoms with van der Waals surface area (Å²) < 4.78 is 0. The fourth-order valence-electron chi connectivity index (χ4n) is 4.08. The average molecular weight is 358 g/mol. The Morgan fingerprint density at radius 3 is 2.77 bits per heavy atom. The number of hydrogen-bond acceptors (Lipinski definition) is 3. The number of nitrogens with zero attached hydrogens (tertiary/aromatic N) is 3. The largest absolute Gasteiger partial charge is 0.339 e. The summed E-state index contributed by atoms with van der Waals surface area (Å²) in [5.41, 5.74) is 3.13. The Morgan fingerprint density at radius 1 is 1.35 bits per heavy atom. The van der Waals surface area contributed by atoms with E-state index in [9.17, 15) is 9.59 Å². The number of pyridine rings is 1. The number of aromatic nitrogens is 1. The van der Waals surface area contributed by atoms with E-state index in [4.69, 9.17) is 0 Å². The van der Waals surface area contributed by atoms with Crippen LogP contribution in [0.4, 0.5) is 4.79 Å². The molecule has 1 atom stereocenters. The Kier molecular flexibility index (Phi) is 5.79. The number of urea groups is 1. The SMILES string of the molecule is Cc1cc(CNC(=O)N(C)CC2CC(=O)N(C3CCCC3)C2)cnc1C. The third-order valence-electron chi connectivity index (χ3n) is 5.72. The van der Waals surface area contributed by atoms with Gasteiger partial charge in [0, 0.05) is 57.0 Å². The lowest BCUT2D eigenvalue weighted by Crippen LogP contribution is -2.40. The molecular weight excluding hydrogens is 328 g/mol. The second-order valence-corrected chi connectivity index (χ2v) is 7.84. The quantitative estimate of drug-likeness (QED) is 0.880. The molecule has 1 aromatic rings. The van der Waals surface area contributed by atoms with E-state index in [1.165, 1.54) is 12.8 Å². The highest BCUT2D eigenvalue weighted by molar-refractivity contribution is 5.79. The van der Waals surface area contributed by atoms with Gasteiger partial charge in [0.2, 0.25) is 5.91 Å². The molecule has 6 heteroatoms. The lowest BCUT2D eigenvalue weighted by molar-refractivity contribution is -0.129. The van der Waals surface area contributed by atoms with Gasteiger partial charge in [0.15, 0.2) is 0 Å². The summed E-state index contributed by atoms with van der Waals surface area (Å²) in [5, 5.41) is 2.95. The monoisotopic (exact) mass is 358 g/mol. The molecule has 2 aliphatic rings. The third kappa shape index (κ3) is 4.34. The molecule has 1 aliphatic heterocycles. The third-order valence-corrected chi connectivity index (χ3v) is 5.72. The van der Waals surface area contributed by atoms with Crippen LogP contribution in [0.5, 0.6) is 0 Å². The van der Waals surface area contributed by atoms with E-state index in [2.05, 4.69) is 21.3 Å². The molecule has 2 fully saturated rings. The van der Waals surface area contributed by atoms with Crippen molar-refractivity contribution in [2.24, 2.45) is 5.92 Å². The second-order valence-electron chi connectivity index (χ2n) is 7.84. The molecule has 1 saturated heterocycles. The van der Waals surface area contributed by atoms with Gasteiger partial charge in [-0.05, 0) is 37.8 Å². The van der Waals surface area contributed by atoms with Gasteiger partial charge in [0.05, 0.1) is 0 Å². The first-order chi connectivity index (χ1) is 12.4. The Labute approximate surface area is 156 Å². The van der Waals surface area contributed by atoms with Gasteiger partial charge in [0.25, 0.3) is 0 Å². The number of carbonyl (C=O) groups excluding carboxylic acids is 2. The molecule has 0 bridgehead atoms. The zero-order valence-electron chi connectivity index (χ0n) is 16.1. The molecule has 3 rings (SSSR count). The van der Waals surface area contributed by atoms with Crippen molar-refractivity contribution in [3.05, 3.63) is 29.1 Å². The second kappa shape index (κ2) is 8.06. The molecule has 6 nitrogen and oxygen atoms in total. The number of carbonyl (C=O) groups is 2. The van der Waals surface area contributed by atoms with Crippen LogP contribution in [-0.4, -0.2) is 52.9 Å². The topological polar surface area (TPSA) is 65.5 Å². The van der Waals surface area contributed by atoms with Crippen LogP contribution in [0.15, 0.2) is 12.3 Å². The van der Waals surface area contributed by atoms with Crippen molar-refractivity contribution >= 4 is 11.9 Å². The van der Waals surface area contributed by atoms with Gasteiger partial charge in [-0.15, -0.1) is 0 Å². The summed E-state index contributed by atoms with van der Waals surface area (Å²) >= 11 is 0. The van der Waals surface area contributed by atoms with Gasteiger partial charge in [-0.1, -0.05) is 18.9 Å². The molecule has 1 aromatic heterocycles. The maximum Gasteiger partial charge on any atom is 0.317 e. The van der Waals surface area contributed by atoms with Crippen molar-refractivity contribution in [1.29, 1.82) is 0 Å². The van der Waals surface area contributed by atoms with Crippen LogP contribution in [0.25, 0.3) is 0 Å². The van der Waals surface area contributed by atoms with E-state index in [0.717, 1.165) is 36.2 Å². The van der Waals surface area contributed by atoms with Crippen molar-refractivity contribution in [3.63, 3.8) is 0 Å². The highest BCUT2D eigenvalue weighted by Crippen LogP contribution is 2.29. The Hall–Kier alpha value is -2.11. The minimum absolute atomic E-state index is 0.102. The fraction of sp³-hybridized carbons (Fsp3) is 0.650. The summed E-state index contributed by atoms with van der Waals surface area (Å²) in [4.78, 5) is 32.8. The lowest BCUT2D eigenvalue weighted by atomic mass is 10.1. The number of hydrogen-bond donors (Lipinski definition) is 1. The van der Waals surface area contributed by atoms with Gasteiger partial charge >= 0.3 is 6.03 Å². The Morgan fingerprint density at radius 2 is 2.08 bits per heavy atom. The van der Waals surface area contributed by atoms with Crippen LogP contribution in [0.2, 0.25) is 0 Å². The molecule has 3 amide bonds. The molecule has 1 N–H and O–H groups in total. The Bertz CT molecular complexity index is 670. The van der Waals surface area contributed by atoms with Crippen LogP contribution in [0.3, 0.4) is 0 Å². The van der Waals surface area contributed by atoms with E-state index in [1.807, 2.05) is 13.8 Å². The van der Waals surface area contributed by atoms with E-state index in [-0.39, 0.29) is 17.9 Å². The van der Waals surface area contributed by atoms with Crippen LogP contribution in [-0.2, 0) is 11.3 Å². The van der Waals surface area contributed by atoms with E-state index in [1.54, 1.807) is 18.1 Å². The number of nitrogens with one attached hydrogen (secondary N) is 1. The summed E-state index contributed by atoms with van der Waals surface area (Å²) in [5.74, 6) is 0.499. The summed E-state index contributed by atoms with van der Waals surface area (Å²) in [7, 11) is 1.80. The minimum Gasteiger partial charge on any atom is -0.339 e. The van der Waals surface area contributed by atoms with E-state index < -0.39 is 0 Å². The van der Waals surface area contributed by atoms with Crippen molar-refractivity contribution in [2.75, 3.05) is 20.1 Å². The number of rotatable bonds is 5. The maximum absolute atomic E-state index is 12.4. The van der Waals surface area contributed by atoms with Crippen LogP contribution in [0, 0.1) is 19.8 Å². The van der Waals surface area contributed by atoms with Gasteiger partial charge in [-0.2, -0.15) is 0 Å². The average Bonchev–Trinajstić information content (AvgIpc) is 3.25. The van der Waals surface area contributed by atoms with E-state index in [0.29, 0.717) is 25.6 Å². The first-order valence-electron chi connectivity index (χ1n) is 9.64. The molecule has 0 radical (unpaired) electrons. The molecule has 1 saturated carbocycles. The first-order valence-corrected chi connectivity index (χ1v) is 9.64. The summed E-state index contributed by atoms with van der Waals surface area (Å²) in [6, 6.07) is 2.39. The molecule has 0 spiro atoms. The smallest absolute Gasteiger partial charge is 0.317 e. The van der Waals surface area contributed by atoms with Crippen molar-refractivity contribution < 1.29 is 9.59 Å². The highest BCUT2D eigenvalue weighted by atomic mass is 16.2. The maximum atomic E-state index is 12.4. The number of amides is 3. The normalized spacial score (nSPS) is 20.7. The molecule has 1 unspecified atom stereocenters. The summed E-state index contributed by atoms with van der Waals surface area (Å²) in [6.45, 7) is 5.87. The zero-order chi connectivity index (χ0) is 18.7. The molecule has 2 heterocycles. The predicted molar refractivity (Wildman–Crippen MR) is 101 cm³/mol. The van der Waals surface area contributed by atoms with Crippen molar-refractivity contribution in [1.82, 2.24) is 20.1 Å². The first kappa shape index (κ1) is 18.7. The van der Waals surface area contributed by atoms with Crippen LogP contribution in [0.1, 0.15) is 48.9 Å². The fourth-order valence-corrected chi connectivity index (χ4v) is 4.08. The molecular formula is C20H30N4O2. The van der Waals surface area contributed by atoms with E-state index >= 15 is 0 Å². The summed E-state index contributed by atoms with van der Waals surface area (Å²) in [6.07, 6.45) is 7.11. The number of aryl methyl sites for hydroxylation is 2. The lowest BCUT2D eigenvalue weighted by Gasteiger charge is -2.25. The van der Waals surface area contributed by atoms with Crippen molar-refractivity contribution in [3.8, 4) is 0 Å². The van der Waals surface area contributed by atoms with Gasteiger partial charge in [0.1, 0.15) is 0 Å². The molecule has 0 aromatic carbocycles. The van der Waals surface area contributed by atoms with Gasteiger partial charge < -0.3 is 15.1 Å². The van der Waals surface area contributed by atoms with Gasteiger partial charge in [-0.25, -0.2) is 4.79 Å². The van der Waals surface area contributed by atoms with Gasteiger partial charge in [-0.3, -0.25) is 9.78 Å². The molecule has 26 heavy (non-hydrogen) atoms.